The first-order valence-electron chi connectivity index (χ1n) is 7.17. The third-order valence-electron chi connectivity index (χ3n) is 3.80. The summed E-state index contributed by atoms with van der Waals surface area (Å²) in [6.07, 6.45) is 0. The highest BCUT2D eigenvalue weighted by Crippen LogP contribution is 2.42. The van der Waals surface area contributed by atoms with Gasteiger partial charge in [-0.2, -0.15) is 0 Å². The van der Waals surface area contributed by atoms with E-state index in [1.165, 1.54) is 0 Å². The van der Waals surface area contributed by atoms with E-state index >= 15 is 0 Å². The van der Waals surface area contributed by atoms with Gasteiger partial charge in [0.1, 0.15) is 11.5 Å². The molecule has 1 heterocycles. The molecular formula is C18H12Br2O2Si. The fourth-order valence-corrected chi connectivity index (χ4v) is 6.41. The van der Waals surface area contributed by atoms with Crippen molar-refractivity contribution in [3.05, 3.63) is 81.7 Å². The van der Waals surface area contributed by atoms with Crippen molar-refractivity contribution in [3.63, 3.8) is 0 Å². The molecule has 0 bridgehead atoms. The monoisotopic (exact) mass is 446 g/mol. The van der Waals surface area contributed by atoms with E-state index in [1.54, 1.807) is 0 Å². The molecule has 0 atom stereocenters. The maximum Gasteiger partial charge on any atom is 0.531 e. The largest absolute Gasteiger partial charge is 0.531 e. The third-order valence-corrected chi connectivity index (χ3v) is 8.85. The quantitative estimate of drug-likeness (QED) is 0.547. The Kier molecular flexibility index (Phi) is 3.79. The van der Waals surface area contributed by atoms with Crippen molar-refractivity contribution in [2.24, 2.45) is 0 Å². The fourth-order valence-electron chi connectivity index (χ4n) is 2.72. The van der Waals surface area contributed by atoms with Gasteiger partial charge in [-0.3, -0.25) is 0 Å². The van der Waals surface area contributed by atoms with Crippen LogP contribution in [0.4, 0.5) is 0 Å². The lowest BCUT2D eigenvalue weighted by Crippen LogP contribution is -2.66. The Morgan fingerprint density at radius 1 is 0.609 bits per heavy atom. The minimum absolute atomic E-state index is 0.777. The molecule has 1 aliphatic rings. The van der Waals surface area contributed by atoms with Crippen molar-refractivity contribution in [1.29, 1.82) is 0 Å². The zero-order valence-electron chi connectivity index (χ0n) is 12.0. The number of fused-ring (bicyclic) bond motifs is 1. The number of hydrogen-bond acceptors (Lipinski definition) is 2. The molecule has 0 saturated heterocycles. The Morgan fingerprint density at radius 3 is 1.39 bits per heavy atom. The number of rotatable bonds is 2. The smallest absolute Gasteiger partial charge is 0.502 e. The third kappa shape index (κ3) is 2.53. The fraction of sp³-hybridized carbons (Fsp3) is 0. The average molecular weight is 448 g/mol. The Labute approximate surface area is 152 Å². The highest BCUT2D eigenvalue weighted by atomic mass is 79.9. The van der Waals surface area contributed by atoms with Crippen molar-refractivity contribution in [3.8, 4) is 11.5 Å². The summed E-state index contributed by atoms with van der Waals surface area (Å²) in [4.78, 5) is 0. The van der Waals surface area contributed by atoms with Crippen molar-refractivity contribution in [2.75, 3.05) is 0 Å². The lowest BCUT2D eigenvalue weighted by molar-refractivity contribution is 0.494. The minimum atomic E-state index is -2.78. The summed E-state index contributed by atoms with van der Waals surface area (Å²) in [5.74, 6) is 1.55. The van der Waals surface area contributed by atoms with Crippen LogP contribution in [0.25, 0.3) is 0 Å². The average Bonchev–Trinajstić information content (AvgIpc) is 2.96. The van der Waals surface area contributed by atoms with Crippen molar-refractivity contribution in [1.82, 2.24) is 0 Å². The maximum absolute atomic E-state index is 6.47. The van der Waals surface area contributed by atoms with E-state index in [1.807, 2.05) is 48.5 Å². The van der Waals surface area contributed by atoms with E-state index < -0.39 is 8.56 Å². The van der Waals surface area contributed by atoms with Gasteiger partial charge in [0.2, 0.25) is 0 Å². The summed E-state index contributed by atoms with van der Waals surface area (Å²) in [6.45, 7) is 0. The van der Waals surface area contributed by atoms with Gasteiger partial charge in [0.15, 0.2) is 0 Å². The van der Waals surface area contributed by atoms with E-state index in [-0.39, 0.29) is 0 Å². The molecule has 0 aromatic heterocycles. The molecule has 0 aliphatic carbocycles. The van der Waals surface area contributed by atoms with Gasteiger partial charge in [0.25, 0.3) is 0 Å². The standard InChI is InChI=1S/C18H12Br2O2Si/c19-15-11-17-18(12-16(15)20)22-23(21-17,13-7-3-1-4-8-13)14-9-5-2-6-10-14/h1-12H. The molecule has 0 amide bonds. The Hall–Kier alpha value is -1.56. The molecule has 1 aliphatic heterocycles. The molecule has 2 nitrogen and oxygen atoms in total. The normalized spacial score (nSPS) is 14.7. The molecule has 0 unspecified atom stereocenters. The van der Waals surface area contributed by atoms with Crippen LogP contribution in [0, 0.1) is 0 Å². The summed E-state index contributed by atoms with van der Waals surface area (Å²) in [5, 5.41) is 2.18. The second-order valence-electron chi connectivity index (χ2n) is 5.27. The van der Waals surface area contributed by atoms with Crippen LogP contribution in [-0.4, -0.2) is 8.56 Å². The SMILES string of the molecule is Brc1cc2c(cc1Br)O[Si](c1ccccc1)(c1ccccc1)O2. The molecular weight excluding hydrogens is 436 g/mol. The molecule has 3 aromatic rings. The number of benzene rings is 3. The van der Waals surface area contributed by atoms with Crippen molar-refractivity contribution < 1.29 is 8.85 Å². The molecule has 5 heteroatoms. The van der Waals surface area contributed by atoms with E-state index in [0.717, 1.165) is 30.8 Å². The molecule has 4 rings (SSSR count). The minimum Gasteiger partial charge on any atom is -0.502 e. The van der Waals surface area contributed by atoms with Gasteiger partial charge in [-0.15, -0.1) is 0 Å². The summed E-state index contributed by atoms with van der Waals surface area (Å²) in [7, 11) is -2.78. The maximum atomic E-state index is 6.47. The van der Waals surface area contributed by atoms with E-state index in [4.69, 9.17) is 8.85 Å². The predicted octanol–water partition coefficient (Wildman–Crippen LogP) is 4.24. The number of halogens is 2. The lowest BCUT2D eigenvalue weighted by atomic mass is 10.3. The second-order valence-corrected chi connectivity index (χ2v) is 9.77. The van der Waals surface area contributed by atoms with E-state index in [0.29, 0.717) is 0 Å². The van der Waals surface area contributed by atoms with Gasteiger partial charge >= 0.3 is 8.56 Å². The molecule has 0 fully saturated rings. The van der Waals surface area contributed by atoms with Crippen LogP contribution in [0.3, 0.4) is 0 Å². The highest BCUT2D eigenvalue weighted by Gasteiger charge is 2.52. The van der Waals surface area contributed by atoms with Gasteiger partial charge in [-0.25, -0.2) is 0 Å². The first kappa shape index (κ1) is 15.0. The Balaban J connectivity index is 1.90. The van der Waals surface area contributed by atoms with E-state index in [9.17, 15) is 0 Å². The molecule has 114 valence electrons. The summed E-state index contributed by atoms with van der Waals surface area (Å²) in [5.41, 5.74) is 0. The number of hydrogen-bond donors (Lipinski definition) is 0. The summed E-state index contributed by atoms with van der Waals surface area (Å²) in [6, 6.07) is 24.3. The van der Waals surface area contributed by atoms with Crippen LogP contribution < -0.4 is 19.2 Å². The van der Waals surface area contributed by atoms with Gasteiger partial charge in [0, 0.05) is 19.3 Å². The summed E-state index contributed by atoms with van der Waals surface area (Å²) < 4.78 is 14.8. The van der Waals surface area contributed by atoms with Crippen LogP contribution >= 0.6 is 31.9 Å². The lowest BCUT2D eigenvalue weighted by Gasteiger charge is -2.24. The Morgan fingerprint density at radius 2 is 1.00 bits per heavy atom. The molecule has 0 saturated carbocycles. The zero-order chi connectivity index (χ0) is 15.9. The van der Waals surface area contributed by atoms with Crippen LogP contribution in [0.2, 0.25) is 0 Å². The van der Waals surface area contributed by atoms with Crippen LogP contribution in [0.1, 0.15) is 0 Å². The predicted molar refractivity (Wildman–Crippen MR) is 101 cm³/mol. The topological polar surface area (TPSA) is 18.5 Å². The molecule has 0 radical (unpaired) electrons. The van der Waals surface area contributed by atoms with Gasteiger partial charge in [0.05, 0.1) is 0 Å². The first-order chi connectivity index (χ1) is 11.2. The van der Waals surface area contributed by atoms with Gasteiger partial charge in [-0.05, 0) is 44.0 Å². The van der Waals surface area contributed by atoms with Crippen molar-refractivity contribution >= 4 is 50.8 Å². The molecule has 0 N–H and O–H groups in total. The van der Waals surface area contributed by atoms with Gasteiger partial charge < -0.3 is 8.85 Å². The molecule has 0 spiro atoms. The highest BCUT2D eigenvalue weighted by molar-refractivity contribution is 9.13. The Bertz CT molecular complexity index is 781. The van der Waals surface area contributed by atoms with Crippen molar-refractivity contribution in [2.45, 2.75) is 0 Å². The summed E-state index contributed by atoms with van der Waals surface area (Å²) >= 11 is 7.06. The second kappa shape index (κ2) is 5.82. The van der Waals surface area contributed by atoms with Crippen LogP contribution in [0.5, 0.6) is 11.5 Å². The molecule has 23 heavy (non-hydrogen) atoms. The zero-order valence-corrected chi connectivity index (χ0v) is 16.2. The van der Waals surface area contributed by atoms with E-state index in [2.05, 4.69) is 56.1 Å². The molecule has 3 aromatic carbocycles. The van der Waals surface area contributed by atoms with Crippen LogP contribution in [-0.2, 0) is 0 Å². The van der Waals surface area contributed by atoms with Crippen LogP contribution in [0.15, 0.2) is 81.7 Å². The first-order valence-corrected chi connectivity index (χ1v) is 10.6. The van der Waals surface area contributed by atoms with Gasteiger partial charge in [-0.1, -0.05) is 60.7 Å².